The Hall–Kier alpha value is -1.07. The molecule has 0 aromatic heterocycles. The standard InChI is InChI=1S/C16H24BrN3O/c1-20(2)16(8-4-3-5-9-16)11-19-15(21)13-7-6-12(17)10-14(13)18/h6-7,10H,3-5,8-9,11,18H2,1-2H3,(H,19,21). The van der Waals surface area contributed by atoms with Gasteiger partial charge in [-0.05, 0) is 45.1 Å². The quantitative estimate of drug-likeness (QED) is 0.818. The Labute approximate surface area is 135 Å². The lowest BCUT2D eigenvalue weighted by atomic mass is 9.80. The van der Waals surface area contributed by atoms with Gasteiger partial charge in [0, 0.05) is 22.2 Å². The van der Waals surface area contributed by atoms with Gasteiger partial charge in [-0.15, -0.1) is 0 Å². The van der Waals surface area contributed by atoms with E-state index in [1.54, 1.807) is 12.1 Å². The van der Waals surface area contributed by atoms with Crippen LogP contribution < -0.4 is 11.1 Å². The lowest BCUT2D eigenvalue weighted by Gasteiger charge is -2.43. The zero-order chi connectivity index (χ0) is 15.5. The fourth-order valence-corrected chi connectivity index (χ4v) is 3.45. The zero-order valence-electron chi connectivity index (χ0n) is 12.8. The molecule has 4 nitrogen and oxygen atoms in total. The number of likely N-dealkylation sites (N-methyl/N-ethyl adjacent to an activating group) is 1. The number of carbonyl (C=O) groups excluding carboxylic acids is 1. The molecular weight excluding hydrogens is 330 g/mol. The van der Waals surface area contributed by atoms with E-state index in [2.05, 4.69) is 40.2 Å². The van der Waals surface area contributed by atoms with Crippen LogP contribution in [0.3, 0.4) is 0 Å². The Morgan fingerprint density at radius 3 is 2.57 bits per heavy atom. The Bertz CT molecular complexity index is 510. The molecule has 2 rings (SSSR count). The molecule has 0 spiro atoms. The first-order valence-electron chi connectivity index (χ1n) is 7.45. The van der Waals surface area contributed by atoms with E-state index in [-0.39, 0.29) is 11.4 Å². The highest BCUT2D eigenvalue weighted by Crippen LogP contribution is 2.31. The summed E-state index contributed by atoms with van der Waals surface area (Å²) in [4.78, 5) is 14.6. The largest absolute Gasteiger partial charge is 0.398 e. The van der Waals surface area contributed by atoms with Crippen LogP contribution >= 0.6 is 15.9 Å². The van der Waals surface area contributed by atoms with Crippen molar-refractivity contribution in [1.82, 2.24) is 10.2 Å². The molecule has 1 aromatic carbocycles. The first-order chi connectivity index (χ1) is 9.94. The lowest BCUT2D eigenvalue weighted by molar-refractivity contribution is 0.0800. The van der Waals surface area contributed by atoms with Gasteiger partial charge in [-0.3, -0.25) is 4.79 Å². The van der Waals surface area contributed by atoms with Gasteiger partial charge in [0.15, 0.2) is 0 Å². The number of benzene rings is 1. The predicted molar refractivity (Wildman–Crippen MR) is 90.4 cm³/mol. The van der Waals surface area contributed by atoms with Crippen molar-refractivity contribution in [3.63, 3.8) is 0 Å². The third-order valence-electron chi connectivity index (χ3n) is 4.57. The number of nitrogen functional groups attached to an aromatic ring is 1. The smallest absolute Gasteiger partial charge is 0.253 e. The normalized spacial score (nSPS) is 17.7. The van der Waals surface area contributed by atoms with Crippen molar-refractivity contribution in [2.75, 3.05) is 26.4 Å². The summed E-state index contributed by atoms with van der Waals surface area (Å²) >= 11 is 3.36. The highest BCUT2D eigenvalue weighted by Gasteiger charge is 2.34. The van der Waals surface area contributed by atoms with Gasteiger partial charge < -0.3 is 16.0 Å². The van der Waals surface area contributed by atoms with E-state index >= 15 is 0 Å². The lowest BCUT2D eigenvalue weighted by Crippen LogP contribution is -2.53. The molecule has 1 amide bonds. The molecule has 1 saturated carbocycles. The minimum Gasteiger partial charge on any atom is -0.398 e. The van der Waals surface area contributed by atoms with E-state index in [0.717, 1.165) is 17.3 Å². The molecule has 1 aliphatic carbocycles. The average Bonchev–Trinajstić information content (AvgIpc) is 2.45. The SMILES string of the molecule is CN(C)C1(CNC(=O)c2ccc(Br)cc2N)CCCCC1. The number of nitrogens with two attached hydrogens (primary N) is 1. The number of amides is 1. The summed E-state index contributed by atoms with van der Waals surface area (Å²) in [7, 11) is 4.21. The van der Waals surface area contributed by atoms with Gasteiger partial charge in [-0.2, -0.15) is 0 Å². The molecule has 1 aliphatic rings. The second-order valence-electron chi connectivity index (χ2n) is 6.09. The van der Waals surface area contributed by atoms with Crippen LogP contribution in [-0.2, 0) is 0 Å². The van der Waals surface area contributed by atoms with Crippen molar-refractivity contribution in [2.24, 2.45) is 0 Å². The second kappa shape index (κ2) is 6.79. The molecule has 0 saturated heterocycles. The number of rotatable bonds is 4. The van der Waals surface area contributed by atoms with Crippen LogP contribution in [0.15, 0.2) is 22.7 Å². The highest BCUT2D eigenvalue weighted by molar-refractivity contribution is 9.10. The first kappa shape index (κ1) is 16.3. The van der Waals surface area contributed by atoms with Crippen molar-refractivity contribution in [3.05, 3.63) is 28.2 Å². The summed E-state index contributed by atoms with van der Waals surface area (Å²) < 4.78 is 0.883. The van der Waals surface area contributed by atoms with E-state index in [4.69, 9.17) is 5.73 Å². The van der Waals surface area contributed by atoms with Crippen LogP contribution in [0.2, 0.25) is 0 Å². The Kier molecular flexibility index (Phi) is 5.27. The third kappa shape index (κ3) is 3.77. The summed E-state index contributed by atoms with van der Waals surface area (Å²) in [5.41, 5.74) is 7.05. The second-order valence-corrected chi connectivity index (χ2v) is 7.01. The van der Waals surface area contributed by atoms with Crippen LogP contribution in [0.1, 0.15) is 42.5 Å². The van der Waals surface area contributed by atoms with E-state index in [1.807, 2.05) is 6.07 Å². The van der Waals surface area contributed by atoms with Gasteiger partial charge in [0.2, 0.25) is 0 Å². The van der Waals surface area contributed by atoms with Crippen LogP contribution in [0.25, 0.3) is 0 Å². The van der Waals surface area contributed by atoms with Gasteiger partial charge >= 0.3 is 0 Å². The van der Waals surface area contributed by atoms with Gasteiger partial charge in [0.05, 0.1) is 5.56 Å². The van der Waals surface area contributed by atoms with Crippen LogP contribution in [-0.4, -0.2) is 37.0 Å². The summed E-state index contributed by atoms with van der Waals surface area (Å²) in [6.07, 6.45) is 6.03. The maximum absolute atomic E-state index is 12.4. The van der Waals surface area contributed by atoms with Crippen LogP contribution in [0.4, 0.5) is 5.69 Å². The van der Waals surface area contributed by atoms with Crippen molar-refractivity contribution < 1.29 is 4.79 Å². The minimum absolute atomic E-state index is 0.0814. The molecule has 116 valence electrons. The molecule has 3 N–H and O–H groups in total. The molecule has 0 heterocycles. The molecular formula is C16H24BrN3O. The Morgan fingerprint density at radius 1 is 1.33 bits per heavy atom. The van der Waals surface area contributed by atoms with E-state index in [0.29, 0.717) is 17.8 Å². The van der Waals surface area contributed by atoms with Gasteiger partial charge in [-0.1, -0.05) is 35.2 Å². The van der Waals surface area contributed by atoms with Crippen molar-refractivity contribution in [2.45, 2.75) is 37.6 Å². The number of hydrogen-bond acceptors (Lipinski definition) is 3. The number of halogens is 1. The zero-order valence-corrected chi connectivity index (χ0v) is 14.4. The van der Waals surface area contributed by atoms with E-state index in [9.17, 15) is 4.79 Å². The minimum atomic E-state index is -0.0909. The summed E-state index contributed by atoms with van der Waals surface area (Å²) in [5, 5.41) is 3.08. The van der Waals surface area contributed by atoms with Gasteiger partial charge in [0.1, 0.15) is 0 Å². The fourth-order valence-electron chi connectivity index (χ4n) is 3.07. The number of carbonyl (C=O) groups is 1. The Balaban J connectivity index is 2.05. The van der Waals surface area contributed by atoms with Gasteiger partial charge in [0.25, 0.3) is 5.91 Å². The topological polar surface area (TPSA) is 58.4 Å². The molecule has 1 aromatic rings. The third-order valence-corrected chi connectivity index (χ3v) is 5.06. The van der Waals surface area contributed by atoms with E-state index in [1.165, 1.54) is 19.3 Å². The number of nitrogens with one attached hydrogen (secondary N) is 1. The number of nitrogens with zero attached hydrogens (tertiary/aromatic N) is 1. The number of hydrogen-bond donors (Lipinski definition) is 2. The molecule has 0 aliphatic heterocycles. The summed E-state index contributed by atoms with van der Waals surface area (Å²) in [6, 6.07) is 5.36. The highest BCUT2D eigenvalue weighted by atomic mass is 79.9. The molecule has 0 radical (unpaired) electrons. The van der Waals surface area contributed by atoms with Gasteiger partial charge in [-0.25, -0.2) is 0 Å². The molecule has 0 unspecified atom stereocenters. The fraction of sp³-hybridized carbons (Fsp3) is 0.562. The maximum atomic E-state index is 12.4. The van der Waals surface area contributed by atoms with Crippen LogP contribution in [0, 0.1) is 0 Å². The van der Waals surface area contributed by atoms with Crippen molar-refractivity contribution >= 4 is 27.5 Å². The summed E-state index contributed by atoms with van der Waals surface area (Å²) in [5.74, 6) is -0.0909. The van der Waals surface area contributed by atoms with Crippen molar-refractivity contribution in [1.29, 1.82) is 0 Å². The maximum Gasteiger partial charge on any atom is 0.253 e. The average molecular weight is 354 g/mol. The van der Waals surface area contributed by atoms with Crippen LogP contribution in [0.5, 0.6) is 0 Å². The summed E-state index contributed by atoms with van der Waals surface area (Å²) in [6.45, 7) is 0.675. The Morgan fingerprint density at radius 2 is 2.00 bits per heavy atom. The molecule has 0 atom stereocenters. The number of anilines is 1. The predicted octanol–water partition coefficient (Wildman–Crippen LogP) is 3.03. The molecule has 0 bridgehead atoms. The monoisotopic (exact) mass is 353 g/mol. The molecule has 1 fully saturated rings. The van der Waals surface area contributed by atoms with E-state index < -0.39 is 0 Å². The first-order valence-corrected chi connectivity index (χ1v) is 8.25. The van der Waals surface area contributed by atoms with Crippen molar-refractivity contribution in [3.8, 4) is 0 Å². The molecule has 5 heteroatoms. The molecule has 21 heavy (non-hydrogen) atoms.